The van der Waals surface area contributed by atoms with Gasteiger partial charge in [0.05, 0.1) is 0 Å². The Morgan fingerprint density at radius 3 is 2.45 bits per heavy atom. The molecular weight excluding hydrogens is 255 g/mol. The van der Waals surface area contributed by atoms with Crippen molar-refractivity contribution in [2.45, 2.75) is 26.1 Å². The molecule has 2 aromatic rings. The Hall–Kier alpha value is -1.71. The van der Waals surface area contributed by atoms with E-state index in [9.17, 15) is 9.50 Å². The van der Waals surface area contributed by atoms with Crippen molar-refractivity contribution in [3.8, 4) is 0 Å². The highest BCUT2D eigenvalue weighted by Gasteiger charge is 2.24. The lowest BCUT2D eigenvalue weighted by Gasteiger charge is -2.25. The molecular formula is C17H19FO2. The molecule has 0 aliphatic rings. The summed E-state index contributed by atoms with van der Waals surface area (Å²) < 4.78 is 18.9. The third-order valence-corrected chi connectivity index (χ3v) is 3.31. The molecule has 106 valence electrons. The van der Waals surface area contributed by atoms with E-state index in [0.717, 1.165) is 11.1 Å². The number of hydrogen-bond acceptors (Lipinski definition) is 2. The topological polar surface area (TPSA) is 29.5 Å². The number of aliphatic hydroxyl groups excluding tert-OH is 1. The normalized spacial score (nSPS) is 14.0. The molecule has 2 unspecified atom stereocenters. The predicted molar refractivity (Wildman–Crippen MR) is 76.9 cm³/mol. The number of rotatable bonds is 5. The summed E-state index contributed by atoms with van der Waals surface area (Å²) in [4.78, 5) is 0. The van der Waals surface area contributed by atoms with Gasteiger partial charge in [-0.2, -0.15) is 0 Å². The molecule has 2 aromatic carbocycles. The molecule has 0 aromatic heterocycles. The van der Waals surface area contributed by atoms with Crippen molar-refractivity contribution in [3.63, 3.8) is 0 Å². The second-order valence-electron chi connectivity index (χ2n) is 4.73. The lowest BCUT2D eigenvalue weighted by atomic mass is 9.95. The molecule has 0 fully saturated rings. The van der Waals surface area contributed by atoms with Crippen molar-refractivity contribution in [3.05, 3.63) is 71.0 Å². The molecule has 0 radical (unpaired) electrons. The van der Waals surface area contributed by atoms with Crippen molar-refractivity contribution >= 4 is 0 Å². The Kier molecular flexibility index (Phi) is 4.88. The van der Waals surface area contributed by atoms with E-state index in [1.807, 2.05) is 37.3 Å². The Balaban J connectivity index is 2.34. The summed E-state index contributed by atoms with van der Waals surface area (Å²) in [6.45, 7) is 4.17. The zero-order chi connectivity index (χ0) is 14.5. The van der Waals surface area contributed by atoms with Gasteiger partial charge in [-0.1, -0.05) is 36.4 Å². The van der Waals surface area contributed by atoms with Crippen LogP contribution < -0.4 is 0 Å². The van der Waals surface area contributed by atoms with Crippen LogP contribution in [0.4, 0.5) is 4.39 Å². The minimum atomic E-state index is -0.821. The average molecular weight is 274 g/mol. The maximum atomic E-state index is 13.2. The summed E-state index contributed by atoms with van der Waals surface area (Å²) in [7, 11) is 0. The number of ether oxygens (including phenoxy) is 1. The van der Waals surface area contributed by atoms with E-state index in [2.05, 4.69) is 0 Å². The number of halogens is 1. The number of aliphatic hydroxyl groups is 1. The van der Waals surface area contributed by atoms with E-state index < -0.39 is 12.2 Å². The SMILES string of the molecule is CCOC(c1ccccc1)C(O)c1ccc(F)cc1C. The monoisotopic (exact) mass is 274 g/mol. The van der Waals surface area contributed by atoms with Crippen LogP contribution in [0.15, 0.2) is 48.5 Å². The van der Waals surface area contributed by atoms with E-state index in [-0.39, 0.29) is 5.82 Å². The number of aryl methyl sites for hydroxylation is 1. The Morgan fingerprint density at radius 2 is 1.85 bits per heavy atom. The van der Waals surface area contributed by atoms with Gasteiger partial charge < -0.3 is 9.84 Å². The van der Waals surface area contributed by atoms with E-state index in [1.54, 1.807) is 13.0 Å². The van der Waals surface area contributed by atoms with Crippen LogP contribution in [0.2, 0.25) is 0 Å². The quantitative estimate of drug-likeness (QED) is 0.894. The van der Waals surface area contributed by atoms with E-state index in [1.165, 1.54) is 12.1 Å². The highest BCUT2D eigenvalue weighted by molar-refractivity contribution is 5.31. The summed E-state index contributed by atoms with van der Waals surface area (Å²) in [5.74, 6) is -0.300. The zero-order valence-electron chi connectivity index (χ0n) is 11.7. The third kappa shape index (κ3) is 3.24. The minimum absolute atomic E-state index is 0.300. The maximum absolute atomic E-state index is 13.2. The van der Waals surface area contributed by atoms with Crippen molar-refractivity contribution in [2.75, 3.05) is 6.61 Å². The van der Waals surface area contributed by atoms with Crippen molar-refractivity contribution in [2.24, 2.45) is 0 Å². The molecule has 1 N–H and O–H groups in total. The Morgan fingerprint density at radius 1 is 1.15 bits per heavy atom. The Labute approximate surface area is 118 Å². The molecule has 0 amide bonds. The molecule has 2 atom stereocenters. The molecule has 0 aliphatic heterocycles. The van der Waals surface area contributed by atoms with Gasteiger partial charge in [0.15, 0.2) is 0 Å². The van der Waals surface area contributed by atoms with Crippen LogP contribution >= 0.6 is 0 Å². The fraction of sp³-hybridized carbons (Fsp3) is 0.294. The first kappa shape index (κ1) is 14.7. The zero-order valence-corrected chi connectivity index (χ0v) is 11.7. The van der Waals surface area contributed by atoms with Gasteiger partial charge in [0, 0.05) is 6.61 Å². The largest absolute Gasteiger partial charge is 0.385 e. The lowest BCUT2D eigenvalue weighted by Crippen LogP contribution is -2.15. The first-order chi connectivity index (χ1) is 9.63. The fourth-order valence-electron chi connectivity index (χ4n) is 2.33. The van der Waals surface area contributed by atoms with Crippen molar-refractivity contribution < 1.29 is 14.2 Å². The second-order valence-corrected chi connectivity index (χ2v) is 4.73. The predicted octanol–water partition coefficient (Wildman–Crippen LogP) is 3.95. The summed E-state index contributed by atoms with van der Waals surface area (Å²) >= 11 is 0. The van der Waals surface area contributed by atoms with Crippen LogP contribution in [0.3, 0.4) is 0 Å². The molecule has 2 rings (SSSR count). The summed E-state index contributed by atoms with van der Waals surface area (Å²) in [6.07, 6.45) is -1.27. The van der Waals surface area contributed by atoms with Gasteiger partial charge in [0.1, 0.15) is 18.0 Å². The van der Waals surface area contributed by atoms with E-state index >= 15 is 0 Å². The van der Waals surface area contributed by atoms with Gasteiger partial charge in [-0.05, 0) is 42.7 Å². The molecule has 0 saturated heterocycles. The summed E-state index contributed by atoms with van der Waals surface area (Å²) in [5, 5.41) is 10.6. The summed E-state index contributed by atoms with van der Waals surface area (Å²) in [6, 6.07) is 14.0. The van der Waals surface area contributed by atoms with Crippen molar-refractivity contribution in [1.29, 1.82) is 0 Å². The molecule has 0 heterocycles. The molecule has 3 heteroatoms. The third-order valence-electron chi connectivity index (χ3n) is 3.31. The molecule has 0 bridgehead atoms. The van der Waals surface area contributed by atoms with Crippen LogP contribution in [0, 0.1) is 12.7 Å². The fourth-order valence-corrected chi connectivity index (χ4v) is 2.33. The second kappa shape index (κ2) is 6.64. The molecule has 20 heavy (non-hydrogen) atoms. The first-order valence-corrected chi connectivity index (χ1v) is 6.74. The van der Waals surface area contributed by atoms with Crippen LogP contribution in [-0.2, 0) is 4.74 Å². The molecule has 0 spiro atoms. The average Bonchev–Trinajstić information content (AvgIpc) is 2.45. The Bertz CT molecular complexity index is 554. The smallest absolute Gasteiger partial charge is 0.123 e. The minimum Gasteiger partial charge on any atom is -0.385 e. The van der Waals surface area contributed by atoms with Crippen LogP contribution in [-0.4, -0.2) is 11.7 Å². The van der Waals surface area contributed by atoms with Crippen molar-refractivity contribution in [1.82, 2.24) is 0 Å². The van der Waals surface area contributed by atoms with Gasteiger partial charge in [-0.15, -0.1) is 0 Å². The molecule has 2 nitrogen and oxygen atoms in total. The van der Waals surface area contributed by atoms with E-state index in [0.29, 0.717) is 12.2 Å². The summed E-state index contributed by atoms with van der Waals surface area (Å²) in [5.41, 5.74) is 2.32. The number of hydrogen-bond donors (Lipinski definition) is 1. The first-order valence-electron chi connectivity index (χ1n) is 6.74. The van der Waals surface area contributed by atoms with Gasteiger partial charge in [0.2, 0.25) is 0 Å². The highest BCUT2D eigenvalue weighted by Crippen LogP contribution is 2.33. The van der Waals surface area contributed by atoms with Crippen LogP contribution in [0.1, 0.15) is 35.8 Å². The van der Waals surface area contributed by atoms with Gasteiger partial charge in [0.25, 0.3) is 0 Å². The molecule has 0 aliphatic carbocycles. The van der Waals surface area contributed by atoms with Gasteiger partial charge in [-0.3, -0.25) is 0 Å². The van der Waals surface area contributed by atoms with Crippen LogP contribution in [0.5, 0.6) is 0 Å². The van der Waals surface area contributed by atoms with E-state index in [4.69, 9.17) is 4.74 Å². The highest BCUT2D eigenvalue weighted by atomic mass is 19.1. The number of benzene rings is 2. The van der Waals surface area contributed by atoms with Gasteiger partial charge >= 0.3 is 0 Å². The molecule has 0 saturated carbocycles. The lowest BCUT2D eigenvalue weighted by molar-refractivity contribution is -0.0364. The van der Waals surface area contributed by atoms with Gasteiger partial charge in [-0.25, -0.2) is 4.39 Å². The standard InChI is InChI=1S/C17H19FO2/c1-3-20-17(13-7-5-4-6-8-13)16(19)15-10-9-14(18)11-12(15)2/h4-11,16-17,19H,3H2,1-2H3. The maximum Gasteiger partial charge on any atom is 0.123 e. The van der Waals surface area contributed by atoms with Crippen LogP contribution in [0.25, 0.3) is 0 Å².